The molecule has 0 aromatic carbocycles. The third kappa shape index (κ3) is 4.39. The number of methoxy groups -OCH3 is 1. The predicted octanol–water partition coefficient (Wildman–Crippen LogP) is 1.51. The second kappa shape index (κ2) is 10.5. The molecular formula is C31H41NO11. The minimum atomic E-state index is -1.78. The van der Waals surface area contributed by atoms with Gasteiger partial charge in [-0.3, -0.25) is 4.79 Å². The molecule has 2 aliphatic heterocycles. The fraction of sp³-hybridized carbons (Fsp3) is 0.710. The molecule has 2 saturated carbocycles. The van der Waals surface area contributed by atoms with Crippen molar-refractivity contribution in [3.8, 4) is 0 Å². The van der Waals surface area contributed by atoms with Crippen LogP contribution in [-0.2, 0) is 47.7 Å². The molecule has 43 heavy (non-hydrogen) atoms. The first-order chi connectivity index (χ1) is 20.0. The van der Waals surface area contributed by atoms with Crippen LogP contribution in [0.3, 0.4) is 0 Å². The highest BCUT2D eigenvalue weighted by Gasteiger charge is 2.82. The highest BCUT2D eigenvalue weighted by molar-refractivity contribution is 5.98. The molecule has 12 heteroatoms. The summed E-state index contributed by atoms with van der Waals surface area (Å²) in [4.78, 5) is 66.3. The molecule has 5 aliphatic rings. The molecule has 0 radical (unpaired) electrons. The van der Waals surface area contributed by atoms with Crippen molar-refractivity contribution in [3.63, 3.8) is 0 Å². The van der Waals surface area contributed by atoms with Crippen LogP contribution in [0.15, 0.2) is 23.0 Å². The Morgan fingerprint density at radius 3 is 2.44 bits per heavy atom. The van der Waals surface area contributed by atoms with Crippen LogP contribution in [0.5, 0.6) is 0 Å². The first-order valence-electron chi connectivity index (χ1n) is 14.7. The lowest BCUT2D eigenvalue weighted by Gasteiger charge is -2.66. The molecule has 3 aliphatic carbocycles. The van der Waals surface area contributed by atoms with Gasteiger partial charge >= 0.3 is 23.9 Å². The molecular weight excluding hydrogens is 562 g/mol. The molecule has 2 bridgehead atoms. The summed E-state index contributed by atoms with van der Waals surface area (Å²) >= 11 is 0. The molecule has 4 fully saturated rings. The van der Waals surface area contributed by atoms with Crippen LogP contribution in [-0.4, -0.2) is 78.4 Å². The number of ether oxygens (including phenoxy) is 5. The van der Waals surface area contributed by atoms with Gasteiger partial charge < -0.3 is 34.5 Å². The Morgan fingerprint density at radius 2 is 1.84 bits per heavy atom. The van der Waals surface area contributed by atoms with E-state index in [0.717, 1.165) is 0 Å². The number of aliphatic hydroxyl groups excluding tert-OH is 1. The third-order valence-electron chi connectivity index (χ3n) is 10.5. The lowest BCUT2D eigenvalue weighted by atomic mass is 9.38. The van der Waals surface area contributed by atoms with Crippen molar-refractivity contribution in [2.45, 2.75) is 90.8 Å². The minimum Gasteiger partial charge on any atom is -0.467 e. The van der Waals surface area contributed by atoms with Gasteiger partial charge in [-0.1, -0.05) is 26.3 Å². The summed E-state index contributed by atoms with van der Waals surface area (Å²) in [5, 5.41) is 11.8. The van der Waals surface area contributed by atoms with Gasteiger partial charge in [0.1, 0.15) is 12.1 Å². The summed E-state index contributed by atoms with van der Waals surface area (Å²) in [5.74, 6) is -6.03. The summed E-state index contributed by atoms with van der Waals surface area (Å²) in [6.45, 7) is 10.4. The molecule has 0 amide bonds. The van der Waals surface area contributed by atoms with Crippen LogP contribution in [0.2, 0.25) is 0 Å². The molecule has 0 aromatic heterocycles. The smallest absolute Gasteiger partial charge is 0.348 e. The number of nitrogens with two attached hydrogens (primary N) is 1. The Bertz CT molecular complexity index is 1330. The van der Waals surface area contributed by atoms with Gasteiger partial charge in [0.2, 0.25) is 6.10 Å². The zero-order chi connectivity index (χ0) is 31.8. The number of esters is 4. The van der Waals surface area contributed by atoms with E-state index < -0.39 is 88.2 Å². The maximum absolute atomic E-state index is 13.7. The number of rotatable bonds is 6. The lowest BCUT2D eigenvalue weighted by molar-refractivity contribution is -0.269. The van der Waals surface area contributed by atoms with Gasteiger partial charge in [-0.2, -0.15) is 0 Å². The average Bonchev–Trinajstić information content (AvgIpc) is 3.16. The van der Waals surface area contributed by atoms with E-state index in [-0.39, 0.29) is 37.5 Å². The first-order valence-corrected chi connectivity index (χ1v) is 14.7. The van der Waals surface area contributed by atoms with Crippen LogP contribution < -0.4 is 5.73 Å². The van der Waals surface area contributed by atoms with Crippen LogP contribution in [0.25, 0.3) is 0 Å². The molecule has 10 atom stereocenters. The van der Waals surface area contributed by atoms with Crippen LogP contribution >= 0.6 is 0 Å². The maximum atomic E-state index is 13.7. The van der Waals surface area contributed by atoms with E-state index in [1.165, 1.54) is 13.2 Å². The number of Topliss-reactive ketones (excluding diaryl/α,β-unsaturated/α-hetero) is 1. The van der Waals surface area contributed by atoms with Gasteiger partial charge in [0, 0.05) is 30.3 Å². The SMILES string of the molecule is COC(=O)[C@@]12CC(O)C3C4(C)CC(=O)C(OC(=O)C(N)C(C)C)=C(C)C4CC4OC(=O)C(OC(=O)C=C(C)C)C1C43CO2. The van der Waals surface area contributed by atoms with Gasteiger partial charge in [-0.05, 0) is 50.0 Å². The van der Waals surface area contributed by atoms with Crippen molar-refractivity contribution in [2.24, 2.45) is 40.2 Å². The molecule has 1 spiro atoms. The molecule has 12 nitrogen and oxygen atoms in total. The monoisotopic (exact) mass is 603 g/mol. The number of carbonyl (C=O) groups excluding carboxylic acids is 5. The van der Waals surface area contributed by atoms with Crippen LogP contribution in [0.1, 0.15) is 60.8 Å². The Kier molecular flexibility index (Phi) is 7.67. The Balaban J connectivity index is 1.63. The largest absolute Gasteiger partial charge is 0.467 e. The number of carbonyl (C=O) groups is 5. The summed E-state index contributed by atoms with van der Waals surface area (Å²) in [6.07, 6.45) is -2.44. The first kappa shape index (κ1) is 31.3. The number of hydrogen-bond donors (Lipinski definition) is 2. The van der Waals surface area contributed by atoms with E-state index in [2.05, 4.69) is 0 Å². The zero-order valence-corrected chi connectivity index (χ0v) is 25.6. The fourth-order valence-corrected chi connectivity index (χ4v) is 8.86. The van der Waals surface area contributed by atoms with Gasteiger partial charge in [0.25, 0.3) is 0 Å². The fourth-order valence-electron chi connectivity index (χ4n) is 8.86. The molecule has 3 N–H and O–H groups in total. The maximum Gasteiger partial charge on any atom is 0.348 e. The Morgan fingerprint density at radius 1 is 1.16 bits per heavy atom. The standard InChI is InChI=1S/C31H41NO11/c1-13(2)8-20(35)42-23-25-30-12-40-31(25,28(38)39-7)11-18(34)24(30)29(6)10-17(33)22(43-26(36)21(32)14(3)4)15(5)16(29)9-19(30)41-27(23)37/h8,14,16,18-19,21,23-25,34H,9-12,32H2,1-7H3/t16?,18?,19?,21?,23?,24?,25?,29?,30?,31-/m1/s1. The van der Waals surface area contributed by atoms with Gasteiger partial charge in [0.15, 0.2) is 17.1 Å². The average molecular weight is 604 g/mol. The van der Waals surface area contributed by atoms with Gasteiger partial charge in [-0.25, -0.2) is 19.2 Å². The summed E-state index contributed by atoms with van der Waals surface area (Å²) in [5.41, 5.74) is 3.25. The number of aliphatic hydroxyl groups is 1. The molecule has 2 heterocycles. The normalized spacial score (nSPS) is 40.1. The summed E-state index contributed by atoms with van der Waals surface area (Å²) in [6, 6.07) is -0.927. The van der Waals surface area contributed by atoms with Crippen molar-refractivity contribution >= 4 is 29.7 Å². The van der Waals surface area contributed by atoms with Crippen molar-refractivity contribution in [1.29, 1.82) is 0 Å². The lowest BCUT2D eigenvalue weighted by Crippen LogP contribution is -2.75. The van der Waals surface area contributed by atoms with Crippen molar-refractivity contribution in [2.75, 3.05) is 13.7 Å². The van der Waals surface area contributed by atoms with E-state index in [4.69, 9.17) is 29.4 Å². The Hall–Kier alpha value is -3.09. The highest BCUT2D eigenvalue weighted by Crippen LogP contribution is 2.72. The van der Waals surface area contributed by atoms with E-state index in [1.807, 2.05) is 6.92 Å². The second-order valence-electron chi connectivity index (χ2n) is 13.6. The van der Waals surface area contributed by atoms with E-state index in [1.54, 1.807) is 34.6 Å². The molecule has 236 valence electrons. The van der Waals surface area contributed by atoms with Crippen LogP contribution in [0, 0.1) is 34.5 Å². The number of fused-ring (bicyclic) bond motifs is 2. The van der Waals surface area contributed by atoms with Gasteiger partial charge in [-0.15, -0.1) is 0 Å². The number of hydrogen-bond acceptors (Lipinski definition) is 12. The minimum absolute atomic E-state index is 0.0800. The third-order valence-corrected chi connectivity index (χ3v) is 10.5. The van der Waals surface area contributed by atoms with Crippen molar-refractivity contribution in [1.82, 2.24) is 0 Å². The van der Waals surface area contributed by atoms with Crippen molar-refractivity contribution in [3.05, 3.63) is 23.0 Å². The van der Waals surface area contributed by atoms with Crippen molar-refractivity contribution < 1.29 is 52.8 Å². The number of allylic oxidation sites excluding steroid dienone is 3. The quantitative estimate of drug-likeness (QED) is 0.254. The van der Waals surface area contributed by atoms with E-state index >= 15 is 0 Å². The summed E-state index contributed by atoms with van der Waals surface area (Å²) < 4.78 is 28.7. The van der Waals surface area contributed by atoms with Crippen LogP contribution in [0.4, 0.5) is 0 Å². The molecule has 0 aromatic rings. The predicted molar refractivity (Wildman–Crippen MR) is 147 cm³/mol. The summed E-state index contributed by atoms with van der Waals surface area (Å²) in [7, 11) is 1.19. The zero-order valence-electron chi connectivity index (χ0n) is 25.6. The molecule has 5 rings (SSSR count). The topological polar surface area (TPSA) is 178 Å². The van der Waals surface area contributed by atoms with Gasteiger partial charge in [0.05, 0.1) is 25.7 Å². The number of ketones is 1. The highest BCUT2D eigenvalue weighted by atomic mass is 16.6. The second-order valence-corrected chi connectivity index (χ2v) is 13.6. The van der Waals surface area contributed by atoms with E-state index in [0.29, 0.717) is 11.1 Å². The Labute approximate surface area is 250 Å². The molecule has 9 unspecified atom stereocenters. The van der Waals surface area contributed by atoms with E-state index in [9.17, 15) is 29.1 Å². The molecule has 2 saturated heterocycles.